The SMILES string of the molecule is COc1c(Cc2cc(-n3nc(C)c(CC(C)(C)O)c3C)ncn2)nn(C)c1-c1ccc(C#N)cc1. The van der Waals surface area contributed by atoms with Crippen LogP contribution in [0.5, 0.6) is 5.75 Å². The molecule has 35 heavy (non-hydrogen) atoms. The van der Waals surface area contributed by atoms with Crippen molar-refractivity contribution in [3.8, 4) is 28.9 Å². The van der Waals surface area contributed by atoms with Crippen molar-refractivity contribution < 1.29 is 9.84 Å². The second-order valence-corrected chi connectivity index (χ2v) is 9.24. The Bertz CT molecular complexity index is 1400. The zero-order valence-corrected chi connectivity index (χ0v) is 20.9. The highest BCUT2D eigenvalue weighted by Gasteiger charge is 2.22. The van der Waals surface area contributed by atoms with E-state index in [0.717, 1.165) is 39.6 Å². The first-order chi connectivity index (χ1) is 16.6. The van der Waals surface area contributed by atoms with E-state index in [1.807, 2.05) is 39.1 Å². The summed E-state index contributed by atoms with van der Waals surface area (Å²) in [6.45, 7) is 7.50. The first kappa shape index (κ1) is 24.1. The van der Waals surface area contributed by atoms with Gasteiger partial charge in [0.15, 0.2) is 11.6 Å². The maximum Gasteiger partial charge on any atom is 0.168 e. The lowest BCUT2D eigenvalue weighted by molar-refractivity contribution is 0.0806. The van der Waals surface area contributed by atoms with Crippen molar-refractivity contribution in [3.63, 3.8) is 0 Å². The number of methoxy groups -OCH3 is 1. The molecule has 3 aromatic heterocycles. The Balaban J connectivity index is 1.67. The van der Waals surface area contributed by atoms with Gasteiger partial charge in [-0.05, 0) is 45.4 Å². The summed E-state index contributed by atoms with van der Waals surface area (Å²) in [5, 5.41) is 28.7. The van der Waals surface area contributed by atoms with Crippen molar-refractivity contribution in [3.05, 3.63) is 70.6 Å². The van der Waals surface area contributed by atoms with Crippen molar-refractivity contribution >= 4 is 0 Å². The number of aliphatic hydroxyl groups is 1. The van der Waals surface area contributed by atoms with Crippen LogP contribution in [0.2, 0.25) is 0 Å². The average molecular weight is 472 g/mol. The number of hydrogen-bond acceptors (Lipinski definition) is 7. The molecule has 0 atom stereocenters. The highest BCUT2D eigenvalue weighted by Crippen LogP contribution is 2.34. The summed E-state index contributed by atoms with van der Waals surface area (Å²) in [4.78, 5) is 8.89. The molecular weight excluding hydrogens is 442 g/mol. The number of ether oxygens (including phenoxy) is 1. The van der Waals surface area contributed by atoms with Gasteiger partial charge < -0.3 is 9.84 Å². The van der Waals surface area contributed by atoms with Crippen LogP contribution < -0.4 is 4.74 Å². The van der Waals surface area contributed by atoms with E-state index in [-0.39, 0.29) is 0 Å². The van der Waals surface area contributed by atoms with E-state index >= 15 is 0 Å². The van der Waals surface area contributed by atoms with Gasteiger partial charge in [-0.15, -0.1) is 0 Å². The largest absolute Gasteiger partial charge is 0.492 e. The van der Waals surface area contributed by atoms with Gasteiger partial charge in [-0.3, -0.25) is 4.68 Å². The van der Waals surface area contributed by atoms with E-state index in [2.05, 4.69) is 21.1 Å². The Morgan fingerprint density at radius 1 is 1.11 bits per heavy atom. The molecule has 0 saturated heterocycles. The molecule has 4 rings (SSSR count). The summed E-state index contributed by atoms with van der Waals surface area (Å²) >= 11 is 0. The van der Waals surface area contributed by atoms with Crippen molar-refractivity contribution in [1.29, 1.82) is 5.26 Å². The predicted octanol–water partition coefficient (Wildman–Crippen LogP) is 3.46. The molecule has 0 radical (unpaired) electrons. The number of benzene rings is 1. The Morgan fingerprint density at radius 2 is 1.83 bits per heavy atom. The fourth-order valence-electron chi connectivity index (χ4n) is 4.27. The molecule has 0 saturated carbocycles. The van der Waals surface area contributed by atoms with Crippen LogP contribution in [0.15, 0.2) is 36.7 Å². The van der Waals surface area contributed by atoms with Gasteiger partial charge in [0.1, 0.15) is 17.7 Å². The zero-order valence-electron chi connectivity index (χ0n) is 20.9. The van der Waals surface area contributed by atoms with E-state index in [9.17, 15) is 5.11 Å². The predicted molar refractivity (Wildman–Crippen MR) is 131 cm³/mol. The van der Waals surface area contributed by atoms with E-state index in [1.54, 1.807) is 42.5 Å². The van der Waals surface area contributed by atoms with Crippen molar-refractivity contribution in [2.45, 2.75) is 46.1 Å². The fourth-order valence-corrected chi connectivity index (χ4v) is 4.27. The van der Waals surface area contributed by atoms with Crippen molar-refractivity contribution in [2.75, 3.05) is 7.11 Å². The molecule has 9 nitrogen and oxygen atoms in total. The molecule has 0 fully saturated rings. The third kappa shape index (κ3) is 4.93. The van der Waals surface area contributed by atoms with Gasteiger partial charge >= 0.3 is 0 Å². The highest BCUT2D eigenvalue weighted by molar-refractivity contribution is 5.69. The summed E-state index contributed by atoms with van der Waals surface area (Å²) in [6, 6.07) is 11.4. The Morgan fingerprint density at radius 3 is 2.46 bits per heavy atom. The van der Waals surface area contributed by atoms with Gasteiger partial charge in [0.05, 0.1) is 35.7 Å². The first-order valence-corrected chi connectivity index (χ1v) is 11.3. The number of hydrogen-bond donors (Lipinski definition) is 1. The molecule has 0 bridgehead atoms. The number of aryl methyl sites for hydroxylation is 2. The molecule has 1 N–H and O–H groups in total. The summed E-state index contributed by atoms with van der Waals surface area (Å²) in [6.07, 6.45) is 2.47. The minimum absolute atomic E-state index is 0.443. The lowest BCUT2D eigenvalue weighted by Crippen LogP contribution is -2.22. The topological polar surface area (TPSA) is 115 Å². The lowest BCUT2D eigenvalue weighted by atomic mass is 9.97. The molecule has 1 aromatic carbocycles. The Hall–Kier alpha value is -4.03. The van der Waals surface area contributed by atoms with Crippen LogP contribution in [-0.2, 0) is 19.9 Å². The van der Waals surface area contributed by atoms with E-state index in [4.69, 9.17) is 15.1 Å². The standard InChI is InChI=1S/C26H29N7O2/c1-16-21(13-26(3,4)34)17(2)33(30-16)23-12-20(28-15-29-23)11-22-25(35-6)24(32(5)31-22)19-9-7-18(14-27)8-10-19/h7-10,12,15,34H,11,13H2,1-6H3. The molecule has 9 heteroatoms. The van der Waals surface area contributed by atoms with E-state index in [0.29, 0.717) is 30.0 Å². The lowest BCUT2D eigenvalue weighted by Gasteiger charge is -2.17. The number of nitriles is 1. The van der Waals surface area contributed by atoms with E-state index < -0.39 is 5.60 Å². The Kier molecular flexibility index (Phi) is 6.41. The highest BCUT2D eigenvalue weighted by atomic mass is 16.5. The first-order valence-electron chi connectivity index (χ1n) is 11.3. The van der Waals surface area contributed by atoms with Gasteiger partial charge in [0, 0.05) is 37.2 Å². The zero-order chi connectivity index (χ0) is 25.3. The number of nitrogens with zero attached hydrogens (tertiary/aromatic N) is 7. The molecule has 0 aliphatic carbocycles. The average Bonchev–Trinajstić information content (AvgIpc) is 3.28. The smallest absolute Gasteiger partial charge is 0.168 e. The monoisotopic (exact) mass is 471 g/mol. The molecule has 0 aliphatic heterocycles. The summed E-state index contributed by atoms with van der Waals surface area (Å²) in [5.74, 6) is 1.32. The van der Waals surface area contributed by atoms with Gasteiger partial charge in [-0.1, -0.05) is 12.1 Å². The molecule has 0 amide bonds. The second kappa shape index (κ2) is 9.31. The van der Waals surface area contributed by atoms with Crippen LogP contribution in [0.3, 0.4) is 0 Å². The van der Waals surface area contributed by atoms with Crippen molar-refractivity contribution in [2.24, 2.45) is 7.05 Å². The molecule has 0 unspecified atom stereocenters. The molecule has 4 aromatic rings. The minimum Gasteiger partial charge on any atom is -0.492 e. The van der Waals surface area contributed by atoms with Crippen LogP contribution in [0, 0.1) is 25.2 Å². The van der Waals surface area contributed by atoms with Gasteiger partial charge in [-0.25, -0.2) is 14.6 Å². The summed E-state index contributed by atoms with van der Waals surface area (Å²) in [7, 11) is 3.49. The maximum atomic E-state index is 10.3. The quantitative estimate of drug-likeness (QED) is 0.439. The van der Waals surface area contributed by atoms with Gasteiger partial charge in [-0.2, -0.15) is 15.5 Å². The van der Waals surface area contributed by atoms with Crippen LogP contribution in [0.1, 0.15) is 47.8 Å². The van der Waals surface area contributed by atoms with Crippen LogP contribution in [0.25, 0.3) is 17.1 Å². The summed E-state index contributed by atoms with van der Waals surface area (Å²) < 4.78 is 9.32. The molecule has 180 valence electrons. The van der Waals surface area contributed by atoms with Crippen LogP contribution >= 0.6 is 0 Å². The minimum atomic E-state index is -0.831. The third-order valence-electron chi connectivity index (χ3n) is 5.89. The summed E-state index contributed by atoms with van der Waals surface area (Å²) in [5.41, 5.74) is 5.83. The fraction of sp³-hybridized carbons (Fsp3) is 0.346. The van der Waals surface area contributed by atoms with Crippen molar-refractivity contribution in [1.82, 2.24) is 29.5 Å². The molecular formula is C26H29N7O2. The number of aromatic nitrogens is 6. The van der Waals surface area contributed by atoms with Gasteiger partial charge in [0.25, 0.3) is 0 Å². The van der Waals surface area contributed by atoms with Gasteiger partial charge in [0.2, 0.25) is 0 Å². The molecule has 0 spiro atoms. The normalized spacial score (nSPS) is 11.5. The molecule has 3 heterocycles. The Labute approximate surface area is 204 Å². The van der Waals surface area contributed by atoms with E-state index in [1.165, 1.54) is 6.33 Å². The number of rotatable bonds is 7. The second-order valence-electron chi connectivity index (χ2n) is 9.24. The molecule has 0 aliphatic rings. The van der Waals surface area contributed by atoms with Crippen LogP contribution in [0.4, 0.5) is 0 Å². The maximum absolute atomic E-state index is 10.3. The van der Waals surface area contributed by atoms with Crippen LogP contribution in [-0.4, -0.2) is 47.3 Å². The third-order valence-corrected chi connectivity index (χ3v) is 5.89.